The summed E-state index contributed by atoms with van der Waals surface area (Å²) in [7, 11) is -4.02. The topological polar surface area (TPSA) is 83.8 Å². The van der Waals surface area contributed by atoms with Crippen molar-refractivity contribution in [1.82, 2.24) is 9.99 Å². The van der Waals surface area contributed by atoms with Gasteiger partial charge in [-0.05, 0) is 94.3 Å². The van der Waals surface area contributed by atoms with E-state index in [1.165, 1.54) is 0 Å². The van der Waals surface area contributed by atoms with Crippen molar-refractivity contribution in [2.24, 2.45) is 5.10 Å². The average Bonchev–Trinajstić information content (AvgIpc) is 3.18. The quantitative estimate of drug-likeness (QED) is 0.210. The number of halogens is 1. The predicted molar refractivity (Wildman–Crippen MR) is 158 cm³/mol. The molecule has 0 bridgehead atoms. The van der Waals surface area contributed by atoms with Gasteiger partial charge in [0.2, 0.25) is 0 Å². The van der Waals surface area contributed by atoms with Gasteiger partial charge >= 0.3 is 0 Å². The molecule has 0 atom stereocenters. The fourth-order valence-electron chi connectivity index (χ4n) is 4.39. The Balaban J connectivity index is 1.58. The third kappa shape index (κ3) is 6.08. The number of amides is 1. The number of hydrazone groups is 1. The lowest BCUT2D eigenvalue weighted by atomic mass is 10.1. The second kappa shape index (κ2) is 11.5. The first-order chi connectivity index (χ1) is 18.5. The van der Waals surface area contributed by atoms with Crippen molar-refractivity contribution in [3.05, 3.63) is 111 Å². The molecule has 0 saturated carbocycles. The van der Waals surface area contributed by atoms with E-state index in [0.29, 0.717) is 10.7 Å². The Kier molecular flexibility index (Phi) is 8.28. The van der Waals surface area contributed by atoms with Crippen LogP contribution in [-0.4, -0.2) is 31.7 Å². The van der Waals surface area contributed by atoms with E-state index in [2.05, 4.69) is 15.1 Å². The summed E-state index contributed by atoms with van der Waals surface area (Å²) in [5.74, 6) is -0.561. The zero-order chi connectivity index (χ0) is 28.3. The molecule has 0 aliphatic heterocycles. The molecule has 4 aromatic rings. The number of hydrogen-bond acceptors (Lipinski definition) is 4. The largest absolute Gasteiger partial charge is 0.318 e. The molecule has 3 aromatic carbocycles. The summed E-state index contributed by atoms with van der Waals surface area (Å²) in [4.78, 5) is 13.1. The summed E-state index contributed by atoms with van der Waals surface area (Å²) in [5, 5.41) is 4.79. The minimum Gasteiger partial charge on any atom is -0.318 e. The van der Waals surface area contributed by atoms with Gasteiger partial charge < -0.3 is 4.57 Å². The number of nitrogens with one attached hydrogen (secondary N) is 1. The molecule has 4 rings (SSSR count). The van der Waals surface area contributed by atoms with Crippen LogP contribution in [0.2, 0.25) is 5.02 Å². The fraction of sp³-hybridized carbons (Fsp3) is 0.200. The third-order valence-electron chi connectivity index (χ3n) is 6.69. The Morgan fingerprint density at radius 2 is 1.64 bits per heavy atom. The summed E-state index contributed by atoms with van der Waals surface area (Å²) in [6, 6.07) is 21.4. The minimum atomic E-state index is -4.02. The van der Waals surface area contributed by atoms with Crippen molar-refractivity contribution < 1.29 is 13.2 Å². The Hall–Kier alpha value is -3.88. The predicted octanol–water partition coefficient (Wildman–Crippen LogP) is 6.02. The fourth-order valence-corrected chi connectivity index (χ4v) is 5.99. The Bertz CT molecular complexity index is 1640. The second-order valence-corrected chi connectivity index (χ2v) is 11.8. The second-order valence-electron chi connectivity index (χ2n) is 9.48. The molecular formula is C30H31ClN4O3S. The molecule has 39 heavy (non-hydrogen) atoms. The molecule has 7 nitrogen and oxygen atoms in total. The van der Waals surface area contributed by atoms with E-state index >= 15 is 0 Å². The number of aromatic nitrogens is 1. The zero-order valence-corrected chi connectivity index (χ0v) is 24.1. The van der Waals surface area contributed by atoms with Crippen LogP contribution in [0.25, 0.3) is 5.69 Å². The highest BCUT2D eigenvalue weighted by Gasteiger charge is 2.28. The first kappa shape index (κ1) is 28.1. The van der Waals surface area contributed by atoms with E-state index < -0.39 is 22.5 Å². The monoisotopic (exact) mass is 562 g/mol. The normalized spacial score (nSPS) is 11.6. The van der Waals surface area contributed by atoms with E-state index in [4.69, 9.17) is 11.6 Å². The van der Waals surface area contributed by atoms with E-state index in [9.17, 15) is 13.2 Å². The first-order valence-corrected chi connectivity index (χ1v) is 14.2. The Morgan fingerprint density at radius 3 is 2.31 bits per heavy atom. The van der Waals surface area contributed by atoms with Gasteiger partial charge in [0.15, 0.2) is 0 Å². The number of hydrogen-bond donors (Lipinski definition) is 1. The van der Waals surface area contributed by atoms with Crippen molar-refractivity contribution in [2.75, 3.05) is 10.8 Å². The van der Waals surface area contributed by atoms with Crippen LogP contribution in [0.4, 0.5) is 5.69 Å². The third-order valence-corrected chi connectivity index (χ3v) is 8.71. The van der Waals surface area contributed by atoms with E-state index in [1.54, 1.807) is 42.6 Å². The lowest BCUT2D eigenvalue weighted by Gasteiger charge is -2.26. The Morgan fingerprint density at radius 1 is 0.974 bits per heavy atom. The van der Waals surface area contributed by atoms with E-state index in [1.807, 2.05) is 71.0 Å². The zero-order valence-electron chi connectivity index (χ0n) is 22.6. The molecule has 1 aromatic heterocycles. The molecule has 1 heterocycles. The maximum absolute atomic E-state index is 13.7. The molecular weight excluding hydrogens is 532 g/mol. The number of anilines is 1. The van der Waals surface area contributed by atoms with Crippen LogP contribution in [0, 0.1) is 34.6 Å². The molecule has 0 spiro atoms. The number of nitrogens with zero attached hydrogens (tertiary/aromatic N) is 3. The smallest absolute Gasteiger partial charge is 0.264 e. The molecule has 1 amide bonds. The van der Waals surface area contributed by atoms with Crippen LogP contribution in [0.15, 0.2) is 82.8 Å². The average molecular weight is 563 g/mol. The van der Waals surface area contributed by atoms with Gasteiger partial charge in [0.25, 0.3) is 15.9 Å². The van der Waals surface area contributed by atoms with Crippen LogP contribution < -0.4 is 9.73 Å². The Labute approximate surface area is 234 Å². The highest BCUT2D eigenvalue weighted by atomic mass is 35.5. The van der Waals surface area contributed by atoms with Gasteiger partial charge in [-0.2, -0.15) is 5.10 Å². The molecule has 0 saturated heterocycles. The molecule has 0 unspecified atom stereocenters. The summed E-state index contributed by atoms with van der Waals surface area (Å²) >= 11 is 6.03. The molecule has 0 aliphatic rings. The van der Waals surface area contributed by atoms with Gasteiger partial charge in [0.05, 0.1) is 16.8 Å². The summed E-state index contributed by atoms with van der Waals surface area (Å²) in [6.07, 6.45) is 1.56. The van der Waals surface area contributed by atoms with Crippen LogP contribution in [0.1, 0.15) is 33.6 Å². The van der Waals surface area contributed by atoms with E-state index in [-0.39, 0.29) is 4.90 Å². The number of sulfonamides is 1. The van der Waals surface area contributed by atoms with Crippen LogP contribution >= 0.6 is 11.6 Å². The van der Waals surface area contributed by atoms with Crippen LogP contribution in [-0.2, 0) is 14.8 Å². The van der Waals surface area contributed by atoms with Crippen molar-refractivity contribution in [3.63, 3.8) is 0 Å². The SMILES string of the molecule is Cc1ccc(S(=O)(=O)N(CC(=O)N/N=C\c2cc(C)n(-c3ccc(Cl)cc3)c2C)c2cccc(C)c2C)cc1. The van der Waals surface area contributed by atoms with Crippen LogP contribution in [0.5, 0.6) is 0 Å². The molecule has 202 valence electrons. The van der Waals surface area contributed by atoms with Crippen molar-refractivity contribution in [3.8, 4) is 5.69 Å². The molecule has 0 aliphatic carbocycles. The summed E-state index contributed by atoms with van der Waals surface area (Å²) in [6.45, 7) is 9.14. The van der Waals surface area contributed by atoms with Crippen molar-refractivity contribution >= 4 is 39.4 Å². The highest BCUT2D eigenvalue weighted by Crippen LogP contribution is 2.28. The van der Waals surface area contributed by atoms with Crippen molar-refractivity contribution in [1.29, 1.82) is 0 Å². The maximum atomic E-state index is 13.7. The summed E-state index contributed by atoms with van der Waals surface area (Å²) < 4.78 is 30.6. The molecule has 0 fully saturated rings. The van der Waals surface area contributed by atoms with Gasteiger partial charge in [-0.3, -0.25) is 9.10 Å². The number of carbonyl (C=O) groups excluding carboxylic acids is 1. The number of rotatable bonds is 8. The van der Waals surface area contributed by atoms with Gasteiger partial charge in [0, 0.05) is 27.7 Å². The lowest BCUT2D eigenvalue weighted by Crippen LogP contribution is -2.40. The minimum absolute atomic E-state index is 0.111. The molecule has 9 heteroatoms. The lowest BCUT2D eigenvalue weighted by molar-refractivity contribution is -0.119. The molecule has 1 N–H and O–H groups in total. The highest BCUT2D eigenvalue weighted by molar-refractivity contribution is 7.92. The van der Waals surface area contributed by atoms with Crippen LogP contribution in [0.3, 0.4) is 0 Å². The number of carbonyl (C=O) groups is 1. The molecule has 0 radical (unpaired) electrons. The standard InChI is InChI=1S/C30H31ClN4O3S/c1-20-9-15-28(16-10-20)39(37,38)34(29-8-6-7-21(2)23(29)4)19-30(36)33-32-18-25-17-22(3)35(24(25)5)27-13-11-26(31)12-14-27/h6-18H,19H2,1-5H3,(H,33,36)/b32-18-. The van der Waals surface area contributed by atoms with Crippen molar-refractivity contribution in [2.45, 2.75) is 39.5 Å². The van der Waals surface area contributed by atoms with Gasteiger partial charge in [-0.1, -0.05) is 41.4 Å². The summed E-state index contributed by atoms with van der Waals surface area (Å²) in [5.41, 5.74) is 9.30. The van der Waals surface area contributed by atoms with E-state index in [0.717, 1.165) is 43.6 Å². The van der Waals surface area contributed by atoms with Gasteiger partial charge in [-0.25, -0.2) is 13.8 Å². The first-order valence-electron chi connectivity index (χ1n) is 12.4. The number of benzene rings is 3. The maximum Gasteiger partial charge on any atom is 0.264 e. The van der Waals surface area contributed by atoms with Gasteiger partial charge in [-0.15, -0.1) is 0 Å². The van der Waals surface area contributed by atoms with Gasteiger partial charge in [0.1, 0.15) is 6.54 Å². The number of aryl methyl sites for hydroxylation is 3.